The Labute approximate surface area is 257 Å². The van der Waals surface area contributed by atoms with Crippen molar-refractivity contribution in [1.29, 1.82) is 0 Å². The summed E-state index contributed by atoms with van der Waals surface area (Å²) in [5.41, 5.74) is 6.01. The van der Waals surface area contributed by atoms with E-state index in [9.17, 15) is 24.6 Å². The second-order valence-corrected chi connectivity index (χ2v) is 11.8. The number of Topliss-reactive ketones (excluding diaryl/α,β-unsaturated/α-hetero) is 2. The van der Waals surface area contributed by atoms with Gasteiger partial charge in [0.1, 0.15) is 0 Å². The van der Waals surface area contributed by atoms with Gasteiger partial charge in [-0.1, -0.05) is 48.5 Å². The lowest BCUT2D eigenvalue weighted by molar-refractivity contribution is 0.0985. The third kappa shape index (κ3) is 6.80. The molecule has 0 aliphatic carbocycles. The first-order valence-electron chi connectivity index (χ1n) is 15.2. The first kappa shape index (κ1) is 29.5. The van der Waals surface area contributed by atoms with Gasteiger partial charge < -0.3 is 20.0 Å². The highest BCUT2D eigenvalue weighted by Crippen LogP contribution is 2.23. The fraction of sp³-hybridized carbons (Fsp3) is 0.270. The summed E-state index contributed by atoms with van der Waals surface area (Å²) in [6.45, 7) is 2.85. The van der Waals surface area contributed by atoms with Gasteiger partial charge in [-0.05, 0) is 72.5 Å². The van der Waals surface area contributed by atoms with E-state index in [-0.39, 0.29) is 42.4 Å². The summed E-state index contributed by atoms with van der Waals surface area (Å²) in [7, 11) is 0. The number of rotatable bonds is 10. The van der Waals surface area contributed by atoms with Crippen molar-refractivity contribution in [1.82, 2.24) is 0 Å². The fourth-order valence-electron chi connectivity index (χ4n) is 5.96. The first-order chi connectivity index (χ1) is 21.3. The standard InChI is InChI=1S/C37H36N2O5/c40-33-17-19-38(23-33)31-13-9-27(10-14-31)35(42)21-25-1-5-29(6-2-25)37(44)30-7-3-26(4-8-30)22-36(43)28-11-15-32(16-12-28)39-20-18-34(41)24-39/h1-16,33-34,40-41H,17-24H2. The van der Waals surface area contributed by atoms with Crippen LogP contribution < -0.4 is 9.80 Å². The molecule has 2 fully saturated rings. The third-order valence-corrected chi connectivity index (χ3v) is 8.60. The molecule has 0 aromatic heterocycles. The highest BCUT2D eigenvalue weighted by molar-refractivity contribution is 6.09. The number of benzene rings is 4. The van der Waals surface area contributed by atoms with Crippen molar-refractivity contribution in [2.75, 3.05) is 36.0 Å². The number of aliphatic hydroxyl groups excluding tert-OH is 2. The maximum absolute atomic E-state index is 13.1. The van der Waals surface area contributed by atoms with Crippen LogP contribution >= 0.6 is 0 Å². The molecule has 224 valence electrons. The van der Waals surface area contributed by atoms with E-state index in [0.717, 1.165) is 48.4 Å². The van der Waals surface area contributed by atoms with Gasteiger partial charge in [0.15, 0.2) is 17.3 Å². The lowest BCUT2D eigenvalue weighted by atomic mass is 9.97. The van der Waals surface area contributed by atoms with Crippen LogP contribution in [0.4, 0.5) is 11.4 Å². The number of hydrogen-bond donors (Lipinski definition) is 2. The second-order valence-electron chi connectivity index (χ2n) is 11.8. The SMILES string of the molecule is O=C(Cc1ccc(C(=O)c2ccc(CC(=O)c3ccc(N4CCC(O)C4)cc3)cc2)cc1)c1ccc(N2CCC(O)C2)cc1. The number of ketones is 3. The van der Waals surface area contributed by atoms with E-state index < -0.39 is 0 Å². The molecule has 2 N–H and O–H groups in total. The Morgan fingerprint density at radius 2 is 0.864 bits per heavy atom. The average Bonchev–Trinajstić information content (AvgIpc) is 3.69. The van der Waals surface area contributed by atoms with Crippen molar-refractivity contribution < 1.29 is 24.6 Å². The number of carbonyl (C=O) groups is 3. The minimum atomic E-state index is -0.298. The van der Waals surface area contributed by atoms with Crippen molar-refractivity contribution in [2.45, 2.75) is 37.9 Å². The fourth-order valence-corrected chi connectivity index (χ4v) is 5.96. The number of hydrogen-bond acceptors (Lipinski definition) is 7. The number of aliphatic hydroxyl groups is 2. The van der Waals surface area contributed by atoms with E-state index in [1.54, 1.807) is 24.3 Å². The molecule has 0 radical (unpaired) electrons. The number of anilines is 2. The molecular formula is C37H36N2O5. The zero-order valence-corrected chi connectivity index (χ0v) is 24.6. The maximum atomic E-state index is 13.1. The number of carbonyl (C=O) groups excluding carboxylic acids is 3. The van der Waals surface area contributed by atoms with E-state index in [1.807, 2.05) is 72.8 Å². The van der Waals surface area contributed by atoms with Gasteiger partial charge in [0, 0.05) is 72.6 Å². The summed E-state index contributed by atoms with van der Waals surface area (Å²) in [5.74, 6) is -0.111. The van der Waals surface area contributed by atoms with E-state index in [1.165, 1.54) is 0 Å². The zero-order valence-electron chi connectivity index (χ0n) is 24.6. The van der Waals surface area contributed by atoms with Gasteiger partial charge in [0.05, 0.1) is 12.2 Å². The van der Waals surface area contributed by atoms with Gasteiger partial charge in [-0.25, -0.2) is 0 Å². The minimum Gasteiger partial charge on any atom is -0.391 e. The van der Waals surface area contributed by atoms with E-state index in [4.69, 9.17) is 0 Å². The molecule has 2 saturated heterocycles. The highest BCUT2D eigenvalue weighted by Gasteiger charge is 2.22. The molecule has 0 saturated carbocycles. The largest absolute Gasteiger partial charge is 0.391 e. The van der Waals surface area contributed by atoms with Crippen molar-refractivity contribution in [3.05, 3.63) is 130 Å². The van der Waals surface area contributed by atoms with Gasteiger partial charge in [0.25, 0.3) is 0 Å². The van der Waals surface area contributed by atoms with Crippen LogP contribution in [0.2, 0.25) is 0 Å². The normalized spacial score (nSPS) is 18.0. The maximum Gasteiger partial charge on any atom is 0.193 e. The van der Waals surface area contributed by atoms with Crippen molar-refractivity contribution in [3.8, 4) is 0 Å². The van der Waals surface area contributed by atoms with Crippen LogP contribution in [0.15, 0.2) is 97.1 Å². The molecule has 2 aliphatic rings. The molecule has 2 heterocycles. The number of nitrogens with zero attached hydrogens (tertiary/aromatic N) is 2. The third-order valence-electron chi connectivity index (χ3n) is 8.60. The van der Waals surface area contributed by atoms with Crippen LogP contribution in [0.25, 0.3) is 0 Å². The predicted molar refractivity (Wildman–Crippen MR) is 171 cm³/mol. The Kier molecular flexibility index (Phi) is 8.68. The van der Waals surface area contributed by atoms with Crippen molar-refractivity contribution >= 4 is 28.7 Å². The van der Waals surface area contributed by atoms with Gasteiger partial charge in [-0.3, -0.25) is 14.4 Å². The molecule has 2 unspecified atom stereocenters. The van der Waals surface area contributed by atoms with Gasteiger partial charge >= 0.3 is 0 Å². The lowest BCUT2D eigenvalue weighted by Crippen LogP contribution is -2.21. The molecule has 0 bridgehead atoms. The molecule has 4 aromatic rings. The topological polar surface area (TPSA) is 98.2 Å². The summed E-state index contributed by atoms with van der Waals surface area (Å²) in [6, 6.07) is 29.3. The van der Waals surface area contributed by atoms with Crippen LogP contribution in [0, 0.1) is 0 Å². The van der Waals surface area contributed by atoms with E-state index in [0.29, 0.717) is 35.3 Å². The smallest absolute Gasteiger partial charge is 0.193 e. The lowest BCUT2D eigenvalue weighted by Gasteiger charge is -2.17. The van der Waals surface area contributed by atoms with Crippen molar-refractivity contribution in [2.24, 2.45) is 0 Å². The summed E-state index contributed by atoms with van der Waals surface area (Å²) in [6.07, 6.45) is 1.40. The Bertz CT molecular complexity index is 1510. The molecule has 7 nitrogen and oxygen atoms in total. The highest BCUT2D eigenvalue weighted by atomic mass is 16.3. The molecular weight excluding hydrogens is 552 g/mol. The predicted octanol–water partition coefficient (Wildman–Crippen LogP) is 4.91. The molecule has 44 heavy (non-hydrogen) atoms. The minimum absolute atomic E-state index is 0.00425. The monoisotopic (exact) mass is 588 g/mol. The van der Waals surface area contributed by atoms with E-state index in [2.05, 4.69) is 9.80 Å². The zero-order chi connectivity index (χ0) is 30.6. The summed E-state index contributed by atoms with van der Waals surface area (Å²) in [5, 5.41) is 19.5. The second kappa shape index (κ2) is 13.0. The van der Waals surface area contributed by atoms with Gasteiger partial charge in [-0.2, -0.15) is 0 Å². The Morgan fingerprint density at radius 1 is 0.523 bits per heavy atom. The van der Waals surface area contributed by atoms with Crippen LogP contribution in [-0.2, 0) is 12.8 Å². The molecule has 7 heteroatoms. The molecule has 2 atom stereocenters. The Hall–Kier alpha value is -4.59. The Morgan fingerprint density at radius 3 is 1.18 bits per heavy atom. The summed E-state index contributed by atoms with van der Waals surface area (Å²) in [4.78, 5) is 43.1. The van der Waals surface area contributed by atoms with Crippen LogP contribution in [-0.4, -0.2) is 65.9 Å². The molecule has 4 aromatic carbocycles. The first-order valence-corrected chi connectivity index (χ1v) is 15.2. The summed E-state index contributed by atoms with van der Waals surface area (Å²) < 4.78 is 0. The quantitative estimate of drug-likeness (QED) is 0.254. The molecule has 0 amide bonds. The Balaban J connectivity index is 1.02. The van der Waals surface area contributed by atoms with Gasteiger partial charge in [-0.15, -0.1) is 0 Å². The molecule has 0 spiro atoms. The van der Waals surface area contributed by atoms with Crippen LogP contribution in [0.3, 0.4) is 0 Å². The average molecular weight is 589 g/mol. The number of β-amino-alcohol motifs (C(OH)–C–C–N with tert-alkyl or cyclic N) is 2. The van der Waals surface area contributed by atoms with Crippen LogP contribution in [0.1, 0.15) is 60.6 Å². The van der Waals surface area contributed by atoms with Crippen LogP contribution in [0.5, 0.6) is 0 Å². The molecule has 2 aliphatic heterocycles. The van der Waals surface area contributed by atoms with Gasteiger partial charge in [0.2, 0.25) is 0 Å². The molecule has 6 rings (SSSR count). The summed E-state index contributed by atoms with van der Waals surface area (Å²) >= 11 is 0. The van der Waals surface area contributed by atoms with E-state index >= 15 is 0 Å². The van der Waals surface area contributed by atoms with Crippen molar-refractivity contribution in [3.63, 3.8) is 0 Å².